The number of hydrogen-bond acceptors (Lipinski definition) is 4. The molecule has 0 bridgehead atoms. The molecule has 1 aromatic heterocycles. The number of benzene rings is 3. The van der Waals surface area contributed by atoms with E-state index in [1.165, 1.54) is 5.56 Å². The molecule has 1 heterocycles. The average Bonchev–Trinajstić information content (AvgIpc) is 3.11. The van der Waals surface area contributed by atoms with Crippen LogP contribution in [-0.4, -0.2) is 16.3 Å². The lowest BCUT2D eigenvalue weighted by Crippen LogP contribution is -1.82. The number of phenolic OH excluding ortho intramolecular Hbond substituents is 1. The Hall–Kier alpha value is -2.92. The van der Waals surface area contributed by atoms with Gasteiger partial charge in [0.25, 0.3) is 0 Å². The number of aromatic nitrogens is 1. The molecule has 0 saturated carbocycles. The number of oxazole rings is 1. The van der Waals surface area contributed by atoms with Gasteiger partial charge in [-0.2, -0.15) is 0 Å². The Bertz CT molecular complexity index is 1130. The Morgan fingerprint density at radius 3 is 2.67 bits per heavy atom. The third-order valence-corrected chi connectivity index (χ3v) is 4.83. The summed E-state index contributed by atoms with van der Waals surface area (Å²) in [5.74, 6) is 0.497. The quantitative estimate of drug-likeness (QED) is 0.395. The molecular formula is C22H17BrN2O2. The van der Waals surface area contributed by atoms with E-state index in [0.717, 1.165) is 22.0 Å². The second-order valence-corrected chi connectivity index (χ2v) is 7.10. The van der Waals surface area contributed by atoms with Gasteiger partial charge >= 0.3 is 0 Å². The minimum atomic E-state index is 0.111. The van der Waals surface area contributed by atoms with E-state index in [4.69, 9.17) is 4.42 Å². The summed E-state index contributed by atoms with van der Waals surface area (Å²) in [6, 6.07) is 19.0. The Labute approximate surface area is 165 Å². The summed E-state index contributed by atoms with van der Waals surface area (Å²) in [6.07, 6.45) is 2.71. The van der Waals surface area contributed by atoms with Gasteiger partial charge in [0.15, 0.2) is 5.58 Å². The topological polar surface area (TPSA) is 58.6 Å². The summed E-state index contributed by atoms with van der Waals surface area (Å²) >= 11 is 3.42. The van der Waals surface area contributed by atoms with Gasteiger partial charge in [-0.25, -0.2) is 4.98 Å². The van der Waals surface area contributed by atoms with E-state index >= 15 is 0 Å². The van der Waals surface area contributed by atoms with Crippen LogP contribution >= 0.6 is 15.9 Å². The van der Waals surface area contributed by atoms with Crippen molar-refractivity contribution in [2.24, 2.45) is 4.99 Å². The molecule has 3 aromatic carbocycles. The Morgan fingerprint density at radius 1 is 1.07 bits per heavy atom. The maximum Gasteiger partial charge on any atom is 0.231 e. The molecule has 27 heavy (non-hydrogen) atoms. The van der Waals surface area contributed by atoms with E-state index in [9.17, 15) is 5.11 Å². The maximum atomic E-state index is 10.3. The van der Waals surface area contributed by atoms with Crippen LogP contribution < -0.4 is 0 Å². The molecule has 0 aliphatic heterocycles. The van der Waals surface area contributed by atoms with Crippen LogP contribution in [0.5, 0.6) is 5.75 Å². The Kier molecular flexibility index (Phi) is 4.77. The first-order valence-electron chi connectivity index (χ1n) is 8.65. The molecule has 1 N–H and O–H groups in total. The molecule has 0 unspecified atom stereocenters. The lowest BCUT2D eigenvalue weighted by molar-refractivity contribution is 0.474. The van der Waals surface area contributed by atoms with Crippen molar-refractivity contribution in [3.8, 4) is 17.2 Å². The molecule has 0 amide bonds. The van der Waals surface area contributed by atoms with Gasteiger partial charge in [-0.15, -0.1) is 0 Å². The predicted molar refractivity (Wildman–Crippen MR) is 112 cm³/mol. The lowest BCUT2D eigenvalue weighted by Gasteiger charge is -2.02. The summed E-state index contributed by atoms with van der Waals surface area (Å²) in [4.78, 5) is 9.03. The zero-order valence-corrected chi connectivity index (χ0v) is 16.3. The van der Waals surface area contributed by atoms with Gasteiger partial charge < -0.3 is 9.52 Å². The van der Waals surface area contributed by atoms with Crippen LogP contribution in [0.4, 0.5) is 5.69 Å². The Morgan fingerprint density at radius 2 is 1.89 bits per heavy atom. The number of aliphatic imine (C=N–C) groups is 1. The van der Waals surface area contributed by atoms with Crippen molar-refractivity contribution in [3.05, 3.63) is 76.3 Å². The SMILES string of the molecule is CCc1ccc2oc(-c3cc(N=Cc4ccc(Br)cc4)ccc3O)nc2c1. The Balaban J connectivity index is 1.69. The standard InChI is InChI=1S/C22H17BrN2O2/c1-2-14-5-10-21-19(11-14)25-22(27-21)18-12-17(8-9-20(18)26)24-13-15-3-6-16(23)7-4-15/h3-13,26H,2H2,1H3. The molecule has 0 atom stereocenters. The lowest BCUT2D eigenvalue weighted by atomic mass is 10.1. The molecule has 4 aromatic rings. The molecule has 5 heteroatoms. The summed E-state index contributed by atoms with van der Waals surface area (Å²) in [5, 5.41) is 10.3. The van der Waals surface area contributed by atoms with Crippen molar-refractivity contribution in [2.75, 3.05) is 0 Å². The fourth-order valence-electron chi connectivity index (χ4n) is 2.78. The highest BCUT2D eigenvalue weighted by Gasteiger charge is 2.13. The number of fused-ring (bicyclic) bond motifs is 1. The minimum Gasteiger partial charge on any atom is -0.507 e. The van der Waals surface area contributed by atoms with Gasteiger partial charge in [0.05, 0.1) is 11.3 Å². The van der Waals surface area contributed by atoms with Crippen molar-refractivity contribution in [3.63, 3.8) is 0 Å². The normalized spacial score (nSPS) is 11.5. The van der Waals surface area contributed by atoms with Gasteiger partial charge in [0.2, 0.25) is 5.89 Å². The first-order chi connectivity index (χ1) is 13.1. The van der Waals surface area contributed by atoms with Crippen LogP contribution in [0.25, 0.3) is 22.6 Å². The molecule has 0 aliphatic carbocycles. The number of aromatic hydroxyl groups is 1. The van der Waals surface area contributed by atoms with Crippen LogP contribution in [0.1, 0.15) is 18.1 Å². The molecule has 0 saturated heterocycles. The van der Waals surface area contributed by atoms with E-state index in [2.05, 4.69) is 32.8 Å². The van der Waals surface area contributed by atoms with Gasteiger partial charge in [-0.05, 0) is 60.0 Å². The van der Waals surface area contributed by atoms with E-state index in [0.29, 0.717) is 22.7 Å². The third-order valence-electron chi connectivity index (χ3n) is 4.30. The summed E-state index contributed by atoms with van der Waals surface area (Å²) in [6.45, 7) is 2.10. The van der Waals surface area contributed by atoms with Crippen molar-refractivity contribution in [1.82, 2.24) is 4.98 Å². The highest BCUT2D eigenvalue weighted by molar-refractivity contribution is 9.10. The van der Waals surface area contributed by atoms with Crippen molar-refractivity contribution in [1.29, 1.82) is 0 Å². The largest absolute Gasteiger partial charge is 0.507 e. The van der Waals surface area contributed by atoms with E-state index in [1.54, 1.807) is 24.4 Å². The van der Waals surface area contributed by atoms with Crippen LogP contribution in [0, 0.1) is 0 Å². The first-order valence-corrected chi connectivity index (χ1v) is 9.44. The highest BCUT2D eigenvalue weighted by Crippen LogP contribution is 2.34. The number of rotatable bonds is 4. The molecule has 4 nitrogen and oxygen atoms in total. The highest BCUT2D eigenvalue weighted by atomic mass is 79.9. The number of aryl methyl sites for hydroxylation is 1. The van der Waals surface area contributed by atoms with Crippen LogP contribution in [-0.2, 0) is 6.42 Å². The number of phenols is 1. The van der Waals surface area contributed by atoms with Crippen LogP contribution in [0.2, 0.25) is 0 Å². The molecule has 0 fully saturated rings. The minimum absolute atomic E-state index is 0.111. The molecule has 0 radical (unpaired) electrons. The summed E-state index contributed by atoms with van der Waals surface area (Å²) < 4.78 is 6.86. The van der Waals surface area contributed by atoms with Crippen molar-refractivity contribution in [2.45, 2.75) is 13.3 Å². The second kappa shape index (κ2) is 7.37. The number of halogens is 1. The fourth-order valence-corrected chi connectivity index (χ4v) is 3.05. The monoisotopic (exact) mass is 420 g/mol. The van der Waals surface area contributed by atoms with Gasteiger partial charge in [-0.1, -0.05) is 41.1 Å². The fraction of sp³-hybridized carbons (Fsp3) is 0.0909. The molecular weight excluding hydrogens is 404 g/mol. The molecule has 0 spiro atoms. The molecule has 134 valence electrons. The average molecular weight is 421 g/mol. The number of nitrogens with zero attached hydrogens (tertiary/aromatic N) is 2. The summed E-state index contributed by atoms with van der Waals surface area (Å²) in [7, 11) is 0. The second-order valence-electron chi connectivity index (χ2n) is 6.19. The third kappa shape index (κ3) is 3.78. The van der Waals surface area contributed by atoms with E-state index in [1.807, 2.05) is 42.5 Å². The van der Waals surface area contributed by atoms with Crippen LogP contribution in [0.15, 0.2) is 74.5 Å². The van der Waals surface area contributed by atoms with Crippen LogP contribution in [0.3, 0.4) is 0 Å². The maximum absolute atomic E-state index is 10.3. The van der Waals surface area contributed by atoms with Gasteiger partial charge in [0.1, 0.15) is 11.3 Å². The van der Waals surface area contributed by atoms with E-state index in [-0.39, 0.29) is 5.75 Å². The van der Waals surface area contributed by atoms with Gasteiger partial charge in [-0.3, -0.25) is 4.99 Å². The van der Waals surface area contributed by atoms with Crippen molar-refractivity contribution >= 4 is 38.9 Å². The zero-order valence-electron chi connectivity index (χ0n) is 14.7. The molecule has 4 rings (SSSR count). The van der Waals surface area contributed by atoms with Crippen molar-refractivity contribution < 1.29 is 9.52 Å². The molecule has 0 aliphatic rings. The smallest absolute Gasteiger partial charge is 0.231 e. The predicted octanol–water partition coefficient (Wildman–Crippen LogP) is 6.28. The summed E-state index contributed by atoms with van der Waals surface area (Å²) in [5.41, 5.74) is 4.90. The van der Waals surface area contributed by atoms with E-state index < -0.39 is 0 Å². The first kappa shape index (κ1) is 17.5. The van der Waals surface area contributed by atoms with Gasteiger partial charge in [0, 0.05) is 10.7 Å². The zero-order chi connectivity index (χ0) is 18.8. The number of hydrogen-bond donors (Lipinski definition) is 1.